The predicted octanol–water partition coefficient (Wildman–Crippen LogP) is 3.49. The highest BCUT2D eigenvalue weighted by Gasteiger charge is 2.48. The van der Waals surface area contributed by atoms with Crippen molar-refractivity contribution in [3.63, 3.8) is 0 Å². The topological polar surface area (TPSA) is 71.3 Å². The van der Waals surface area contributed by atoms with Gasteiger partial charge in [-0.05, 0) is 57.2 Å². The molecule has 1 fully saturated rings. The summed E-state index contributed by atoms with van der Waals surface area (Å²) in [6.45, 7) is 6.79. The molecule has 124 valence electrons. The highest BCUT2D eigenvalue weighted by atomic mass is 16.5. The Bertz CT molecular complexity index is 605. The lowest BCUT2D eigenvalue weighted by Crippen LogP contribution is -2.44. The van der Waals surface area contributed by atoms with Crippen LogP contribution in [-0.4, -0.2) is 24.7 Å². The zero-order valence-electron chi connectivity index (χ0n) is 14.0. The summed E-state index contributed by atoms with van der Waals surface area (Å²) < 4.78 is 11.3. The molecule has 0 radical (unpaired) electrons. The smallest absolute Gasteiger partial charge is 0.256 e. The van der Waals surface area contributed by atoms with Crippen LogP contribution in [0, 0.1) is 17.2 Å². The lowest BCUT2D eigenvalue weighted by molar-refractivity contribution is -0.141. The van der Waals surface area contributed by atoms with Gasteiger partial charge >= 0.3 is 0 Å². The molecule has 1 amide bonds. The van der Waals surface area contributed by atoms with Crippen molar-refractivity contribution >= 4 is 11.6 Å². The summed E-state index contributed by atoms with van der Waals surface area (Å²) in [5, 5.41) is 12.1. The number of hydrogen-bond donors (Lipinski definition) is 1. The number of carbonyl (C=O) groups excluding carboxylic acids is 1. The van der Waals surface area contributed by atoms with Gasteiger partial charge in [0.05, 0.1) is 12.2 Å². The summed E-state index contributed by atoms with van der Waals surface area (Å²) in [5.74, 6) is 0.653. The summed E-state index contributed by atoms with van der Waals surface area (Å²) in [6, 6.07) is 7.22. The van der Waals surface area contributed by atoms with E-state index in [1.165, 1.54) is 0 Å². The van der Waals surface area contributed by atoms with Crippen molar-refractivity contribution in [2.24, 2.45) is 5.92 Å². The molecule has 0 aromatic heterocycles. The van der Waals surface area contributed by atoms with Crippen molar-refractivity contribution in [2.45, 2.75) is 45.6 Å². The average molecular weight is 316 g/mol. The number of nitriles is 1. The van der Waals surface area contributed by atoms with E-state index in [0.717, 1.165) is 19.3 Å². The minimum atomic E-state index is -0.807. The minimum absolute atomic E-state index is 0.159. The summed E-state index contributed by atoms with van der Waals surface area (Å²) in [4.78, 5) is 12.6. The number of hydrogen-bond acceptors (Lipinski definition) is 4. The van der Waals surface area contributed by atoms with Crippen LogP contribution in [0.3, 0.4) is 0 Å². The fourth-order valence-electron chi connectivity index (χ4n) is 2.59. The number of rotatable bonds is 8. The third kappa shape index (κ3) is 4.02. The number of carbonyl (C=O) groups is 1. The first-order valence-electron chi connectivity index (χ1n) is 8.17. The van der Waals surface area contributed by atoms with Crippen molar-refractivity contribution in [3.05, 3.63) is 23.8 Å². The Morgan fingerprint density at radius 2 is 2.17 bits per heavy atom. The van der Waals surface area contributed by atoms with E-state index in [9.17, 15) is 10.1 Å². The standard InChI is InChI=1S/C18H24N2O3/c1-4-10-22-16-9-8-15(11-13(16)12-19)20-17(21)18(3,23-5-2)14-6-7-14/h8-9,11,14H,4-7,10H2,1-3H3,(H,20,21). The van der Waals surface area contributed by atoms with E-state index >= 15 is 0 Å². The van der Waals surface area contributed by atoms with E-state index in [1.54, 1.807) is 18.2 Å². The second-order valence-corrected chi connectivity index (χ2v) is 5.94. The third-order valence-electron chi connectivity index (χ3n) is 4.07. The molecule has 2 rings (SSSR count). The summed E-state index contributed by atoms with van der Waals surface area (Å²) >= 11 is 0. The summed E-state index contributed by atoms with van der Waals surface area (Å²) in [7, 11) is 0. The van der Waals surface area contributed by atoms with E-state index in [1.807, 2.05) is 20.8 Å². The largest absolute Gasteiger partial charge is 0.492 e. The van der Waals surface area contributed by atoms with Gasteiger partial charge in [-0.25, -0.2) is 0 Å². The molecule has 5 heteroatoms. The second kappa shape index (κ2) is 7.47. The molecular formula is C18H24N2O3. The molecule has 0 bridgehead atoms. The van der Waals surface area contributed by atoms with Crippen LogP contribution in [0.4, 0.5) is 5.69 Å². The molecule has 5 nitrogen and oxygen atoms in total. The average Bonchev–Trinajstić information content (AvgIpc) is 3.38. The number of anilines is 1. The Balaban J connectivity index is 2.13. The van der Waals surface area contributed by atoms with Crippen LogP contribution in [0.1, 0.15) is 45.6 Å². The van der Waals surface area contributed by atoms with Gasteiger partial charge < -0.3 is 14.8 Å². The van der Waals surface area contributed by atoms with E-state index in [4.69, 9.17) is 9.47 Å². The molecule has 1 saturated carbocycles. The van der Waals surface area contributed by atoms with Crippen molar-refractivity contribution < 1.29 is 14.3 Å². The Kier molecular flexibility index (Phi) is 5.62. The van der Waals surface area contributed by atoms with Crippen molar-refractivity contribution in [2.75, 3.05) is 18.5 Å². The van der Waals surface area contributed by atoms with Crippen molar-refractivity contribution in [1.29, 1.82) is 5.26 Å². The first kappa shape index (κ1) is 17.3. The molecule has 1 N–H and O–H groups in total. The summed E-state index contributed by atoms with van der Waals surface area (Å²) in [6.07, 6.45) is 2.89. The van der Waals surface area contributed by atoms with Gasteiger partial charge in [0.15, 0.2) is 0 Å². The molecule has 0 aliphatic heterocycles. The van der Waals surface area contributed by atoms with Crippen LogP contribution in [0.15, 0.2) is 18.2 Å². The SMILES string of the molecule is CCCOc1ccc(NC(=O)C(C)(OCC)C2CC2)cc1C#N. The zero-order chi connectivity index (χ0) is 16.9. The lowest BCUT2D eigenvalue weighted by atomic mass is 9.98. The van der Waals surface area contributed by atoms with Crippen LogP contribution in [-0.2, 0) is 9.53 Å². The van der Waals surface area contributed by atoms with Crippen LogP contribution in [0.2, 0.25) is 0 Å². The van der Waals surface area contributed by atoms with Crippen LogP contribution >= 0.6 is 0 Å². The Morgan fingerprint density at radius 3 is 2.74 bits per heavy atom. The van der Waals surface area contributed by atoms with E-state index < -0.39 is 5.60 Å². The highest BCUT2D eigenvalue weighted by molar-refractivity contribution is 5.97. The molecule has 1 atom stereocenters. The molecule has 0 heterocycles. The van der Waals surface area contributed by atoms with E-state index in [2.05, 4.69) is 11.4 Å². The first-order chi connectivity index (χ1) is 11.0. The molecule has 1 aliphatic carbocycles. The molecule has 1 aromatic rings. The van der Waals surface area contributed by atoms with E-state index in [-0.39, 0.29) is 11.8 Å². The molecular weight excluding hydrogens is 292 g/mol. The Hall–Kier alpha value is -2.06. The number of ether oxygens (including phenoxy) is 2. The number of amides is 1. The van der Waals surface area contributed by atoms with Gasteiger partial charge in [0.2, 0.25) is 0 Å². The second-order valence-electron chi connectivity index (χ2n) is 5.94. The maximum Gasteiger partial charge on any atom is 0.256 e. The number of nitrogens with one attached hydrogen (secondary N) is 1. The quantitative estimate of drug-likeness (QED) is 0.797. The maximum absolute atomic E-state index is 12.6. The van der Waals surface area contributed by atoms with Gasteiger partial charge in [0.25, 0.3) is 5.91 Å². The normalized spacial score (nSPS) is 16.3. The Labute approximate surface area is 137 Å². The van der Waals surface area contributed by atoms with Gasteiger partial charge in [0, 0.05) is 12.3 Å². The molecule has 0 saturated heterocycles. The van der Waals surface area contributed by atoms with Gasteiger partial charge in [-0.1, -0.05) is 6.92 Å². The Morgan fingerprint density at radius 1 is 1.43 bits per heavy atom. The molecule has 1 aromatic carbocycles. The first-order valence-corrected chi connectivity index (χ1v) is 8.17. The monoisotopic (exact) mass is 316 g/mol. The highest BCUT2D eigenvalue weighted by Crippen LogP contribution is 2.42. The van der Waals surface area contributed by atoms with Crippen LogP contribution in [0.25, 0.3) is 0 Å². The molecule has 1 aliphatic rings. The van der Waals surface area contributed by atoms with Gasteiger partial charge in [-0.2, -0.15) is 5.26 Å². The van der Waals surface area contributed by atoms with Crippen molar-refractivity contribution in [3.8, 4) is 11.8 Å². The van der Waals surface area contributed by atoms with Gasteiger partial charge in [-0.15, -0.1) is 0 Å². The zero-order valence-corrected chi connectivity index (χ0v) is 14.0. The fraction of sp³-hybridized carbons (Fsp3) is 0.556. The summed E-state index contributed by atoms with van der Waals surface area (Å²) in [5.41, 5.74) is 0.196. The third-order valence-corrected chi connectivity index (χ3v) is 4.07. The molecule has 1 unspecified atom stereocenters. The van der Waals surface area contributed by atoms with Gasteiger partial charge in [-0.3, -0.25) is 4.79 Å². The van der Waals surface area contributed by atoms with E-state index in [0.29, 0.717) is 30.2 Å². The lowest BCUT2D eigenvalue weighted by Gasteiger charge is -2.28. The fourth-order valence-corrected chi connectivity index (χ4v) is 2.59. The van der Waals surface area contributed by atoms with Crippen LogP contribution < -0.4 is 10.1 Å². The molecule has 23 heavy (non-hydrogen) atoms. The van der Waals surface area contributed by atoms with Crippen LogP contribution in [0.5, 0.6) is 5.75 Å². The van der Waals surface area contributed by atoms with Crippen molar-refractivity contribution in [1.82, 2.24) is 0 Å². The maximum atomic E-state index is 12.6. The van der Waals surface area contributed by atoms with Gasteiger partial charge in [0.1, 0.15) is 17.4 Å². The number of benzene rings is 1. The predicted molar refractivity (Wildman–Crippen MR) is 88.3 cm³/mol. The minimum Gasteiger partial charge on any atom is -0.492 e. The number of nitrogens with zero attached hydrogens (tertiary/aromatic N) is 1. The molecule has 0 spiro atoms.